The van der Waals surface area contributed by atoms with E-state index in [0.29, 0.717) is 0 Å². The molecular formula is C6H20NNaO8P2. The monoisotopic (exact) mass is 319 g/mol. The topological polar surface area (TPSA) is 168 Å². The Labute approximate surface area is 127 Å². The van der Waals surface area contributed by atoms with Crippen molar-refractivity contribution in [2.45, 2.75) is 25.7 Å². The van der Waals surface area contributed by atoms with E-state index in [1.807, 2.05) is 0 Å². The van der Waals surface area contributed by atoms with E-state index in [0.717, 1.165) is 0 Å². The maximum atomic E-state index is 8.88. The van der Waals surface area contributed by atoms with Gasteiger partial charge in [-0.25, -0.2) is 9.13 Å². The summed E-state index contributed by atoms with van der Waals surface area (Å²) < 4.78 is 17.8. The second kappa shape index (κ2) is 13.2. The van der Waals surface area contributed by atoms with E-state index < -0.39 is 15.6 Å². The van der Waals surface area contributed by atoms with Crippen LogP contribution in [0.25, 0.3) is 0 Å². The fourth-order valence-corrected chi connectivity index (χ4v) is 0.979. The predicted octanol–water partition coefficient (Wildman–Crippen LogP) is -1.36. The van der Waals surface area contributed by atoms with Crippen molar-refractivity contribution in [1.82, 2.24) is 5.32 Å². The van der Waals surface area contributed by atoms with Crippen molar-refractivity contribution in [3.05, 3.63) is 0 Å². The molecule has 0 unspecified atom stereocenters. The Bertz CT molecular complexity index is 210. The van der Waals surface area contributed by atoms with Gasteiger partial charge >= 0.3 is 45.2 Å². The van der Waals surface area contributed by atoms with E-state index in [2.05, 4.69) is 5.32 Å². The van der Waals surface area contributed by atoms with Crippen LogP contribution in [0.4, 0.5) is 0 Å². The molecule has 0 aromatic carbocycles. The van der Waals surface area contributed by atoms with Crippen molar-refractivity contribution in [2.75, 3.05) is 13.1 Å². The molecule has 0 spiro atoms. The summed E-state index contributed by atoms with van der Waals surface area (Å²) in [5, 5.41) is 3.35. The Balaban J connectivity index is -0.000000188. The van der Waals surface area contributed by atoms with Crippen LogP contribution in [0.15, 0.2) is 0 Å². The zero-order chi connectivity index (χ0) is 13.9. The molecule has 0 aliphatic carbocycles. The van der Waals surface area contributed by atoms with E-state index in [1.165, 1.54) is 38.8 Å². The Morgan fingerprint density at radius 1 is 0.667 bits per heavy atom. The van der Waals surface area contributed by atoms with Crippen molar-refractivity contribution in [3.63, 3.8) is 0 Å². The number of hydrogen-bond donors (Lipinski definition) is 7. The van der Waals surface area contributed by atoms with Gasteiger partial charge in [0.2, 0.25) is 0 Å². The molecule has 1 rings (SSSR count). The van der Waals surface area contributed by atoms with Gasteiger partial charge in [-0.15, -0.1) is 0 Å². The Hall–Kier alpha value is 1.18. The molecular weight excluding hydrogens is 299 g/mol. The molecule has 0 amide bonds. The third-order valence-electron chi connectivity index (χ3n) is 1.46. The summed E-state index contributed by atoms with van der Waals surface area (Å²) in [6, 6.07) is 0. The standard InChI is InChI=1S/C6H13N.Na.2H3O4P.H/c1-2-4-6-7-5-3-1;;2*1-5(2,3)4;/h7H,1-6H2;;2*(H3,1,2,3,4);. The molecule has 0 atom stereocenters. The number of nitrogens with one attached hydrogen (secondary N) is 1. The van der Waals surface area contributed by atoms with Crippen LogP contribution in [-0.2, 0) is 9.13 Å². The van der Waals surface area contributed by atoms with Gasteiger partial charge in [0.05, 0.1) is 0 Å². The molecule has 0 aromatic heterocycles. The van der Waals surface area contributed by atoms with E-state index in [1.54, 1.807) is 0 Å². The molecule has 0 saturated carbocycles. The Morgan fingerprint density at radius 2 is 0.889 bits per heavy atom. The number of hydrogen-bond acceptors (Lipinski definition) is 3. The summed E-state index contributed by atoms with van der Waals surface area (Å²) in [6.07, 6.45) is 5.65. The van der Waals surface area contributed by atoms with Crippen LogP contribution >= 0.6 is 15.6 Å². The average Bonchev–Trinajstić information content (AvgIpc) is 2.26. The number of rotatable bonds is 0. The zero-order valence-corrected chi connectivity index (χ0v) is 10.9. The van der Waals surface area contributed by atoms with Gasteiger partial charge < -0.3 is 34.7 Å². The first kappa shape index (κ1) is 24.2. The molecule has 0 radical (unpaired) electrons. The minimum absolute atomic E-state index is 0. The molecule has 1 saturated heterocycles. The van der Waals surface area contributed by atoms with Crippen molar-refractivity contribution in [3.8, 4) is 0 Å². The van der Waals surface area contributed by atoms with E-state index in [4.69, 9.17) is 38.5 Å². The fourth-order valence-electron chi connectivity index (χ4n) is 0.979. The van der Waals surface area contributed by atoms with Crippen LogP contribution in [0.1, 0.15) is 25.7 Å². The molecule has 108 valence electrons. The summed E-state index contributed by atoms with van der Waals surface area (Å²) in [7, 11) is -9.28. The minimum atomic E-state index is -4.64. The van der Waals surface area contributed by atoms with Crippen LogP contribution in [-0.4, -0.2) is 72.0 Å². The van der Waals surface area contributed by atoms with Crippen LogP contribution in [0, 0.1) is 0 Å². The first-order chi connectivity index (χ1) is 7.50. The summed E-state index contributed by atoms with van der Waals surface area (Å²) in [5.41, 5.74) is 0. The third-order valence-corrected chi connectivity index (χ3v) is 1.46. The van der Waals surface area contributed by atoms with Gasteiger partial charge in [-0.1, -0.05) is 12.8 Å². The zero-order valence-electron chi connectivity index (χ0n) is 9.14. The van der Waals surface area contributed by atoms with Crippen LogP contribution in [0.2, 0.25) is 0 Å². The fraction of sp³-hybridized carbons (Fsp3) is 1.00. The molecule has 1 aliphatic heterocycles. The Kier molecular flexibility index (Phi) is 17.7. The molecule has 9 nitrogen and oxygen atoms in total. The molecule has 12 heteroatoms. The van der Waals surface area contributed by atoms with Crippen molar-refractivity contribution in [2.24, 2.45) is 0 Å². The molecule has 7 N–H and O–H groups in total. The first-order valence-electron chi connectivity index (χ1n) is 4.77. The number of phosphoric acid groups is 2. The van der Waals surface area contributed by atoms with Gasteiger partial charge in [0.25, 0.3) is 0 Å². The third kappa shape index (κ3) is 67.2. The quantitative estimate of drug-likeness (QED) is 0.211. The van der Waals surface area contributed by atoms with Gasteiger partial charge in [0, 0.05) is 0 Å². The molecule has 18 heavy (non-hydrogen) atoms. The summed E-state index contributed by atoms with van der Waals surface area (Å²) in [6.45, 7) is 2.50. The van der Waals surface area contributed by atoms with Crippen LogP contribution in [0.5, 0.6) is 0 Å². The molecule has 1 fully saturated rings. The van der Waals surface area contributed by atoms with E-state index in [9.17, 15) is 0 Å². The average molecular weight is 319 g/mol. The van der Waals surface area contributed by atoms with Gasteiger partial charge in [-0.3, -0.25) is 0 Å². The van der Waals surface area contributed by atoms with Gasteiger partial charge in [0.1, 0.15) is 0 Å². The van der Waals surface area contributed by atoms with Gasteiger partial charge in [-0.2, -0.15) is 0 Å². The van der Waals surface area contributed by atoms with Crippen LogP contribution < -0.4 is 5.32 Å². The van der Waals surface area contributed by atoms with Crippen molar-refractivity contribution >= 4 is 45.2 Å². The van der Waals surface area contributed by atoms with Crippen LogP contribution in [0.3, 0.4) is 0 Å². The molecule has 1 heterocycles. The second-order valence-electron chi connectivity index (χ2n) is 3.19. The normalized spacial score (nSPS) is 15.9. The SMILES string of the molecule is C1CCCNCC1.O=P(O)(O)O.O=P(O)(O)O.[NaH]. The summed E-state index contributed by atoms with van der Waals surface area (Å²) in [4.78, 5) is 43.1. The van der Waals surface area contributed by atoms with E-state index in [-0.39, 0.29) is 29.6 Å². The Morgan fingerprint density at radius 3 is 1.11 bits per heavy atom. The van der Waals surface area contributed by atoms with Gasteiger partial charge in [-0.05, 0) is 25.9 Å². The van der Waals surface area contributed by atoms with Crippen molar-refractivity contribution < 1.29 is 38.5 Å². The maximum absolute atomic E-state index is 8.88. The molecule has 0 bridgehead atoms. The second-order valence-corrected chi connectivity index (χ2v) is 5.24. The van der Waals surface area contributed by atoms with Gasteiger partial charge in [0.15, 0.2) is 0 Å². The summed E-state index contributed by atoms with van der Waals surface area (Å²) in [5.74, 6) is 0. The predicted molar refractivity (Wildman–Crippen MR) is 67.0 cm³/mol. The molecule has 1 aliphatic rings. The van der Waals surface area contributed by atoms with Crippen molar-refractivity contribution in [1.29, 1.82) is 0 Å². The summed E-state index contributed by atoms with van der Waals surface area (Å²) >= 11 is 0. The first-order valence-corrected chi connectivity index (χ1v) is 7.90. The van der Waals surface area contributed by atoms with E-state index >= 15 is 0 Å². The molecule has 0 aromatic rings.